The topological polar surface area (TPSA) is 90.5 Å². The molecule has 0 radical (unpaired) electrons. The Morgan fingerprint density at radius 2 is 1.78 bits per heavy atom. The Morgan fingerprint density at radius 1 is 1.11 bits per heavy atom. The van der Waals surface area contributed by atoms with E-state index in [2.05, 4.69) is 0 Å². The molecule has 12 heteroatoms. The summed E-state index contributed by atoms with van der Waals surface area (Å²) in [5, 5.41) is 0. The van der Waals surface area contributed by atoms with Crippen LogP contribution in [0.15, 0.2) is 0 Å². The van der Waals surface area contributed by atoms with Gasteiger partial charge in [-0.25, -0.2) is 9.59 Å². The first-order chi connectivity index (χ1) is 12.7. The number of alkyl halides is 3. The second-order valence-corrected chi connectivity index (χ2v) is 6.65. The van der Waals surface area contributed by atoms with Crippen LogP contribution in [0.1, 0.15) is 12.8 Å². The average molecular weight is 392 g/mol. The Balaban J connectivity index is 1.52. The van der Waals surface area contributed by atoms with Gasteiger partial charge in [-0.15, -0.1) is 0 Å². The summed E-state index contributed by atoms with van der Waals surface area (Å²) in [6.07, 6.45) is -4.47. The molecule has 3 fully saturated rings. The number of imide groups is 1. The molecule has 9 nitrogen and oxygen atoms in total. The number of carbonyl (C=O) groups is 4. The third-order valence-corrected chi connectivity index (χ3v) is 4.85. The van der Waals surface area contributed by atoms with E-state index in [1.54, 1.807) is 0 Å². The summed E-state index contributed by atoms with van der Waals surface area (Å²) in [6, 6.07) is -1.35. The molecule has 0 aromatic carbocycles. The van der Waals surface area contributed by atoms with Gasteiger partial charge in [0, 0.05) is 19.1 Å². The molecule has 0 aromatic rings. The normalized spacial score (nSPS) is 22.1. The van der Waals surface area contributed by atoms with Crippen molar-refractivity contribution in [1.82, 2.24) is 19.6 Å². The summed E-state index contributed by atoms with van der Waals surface area (Å²) in [4.78, 5) is 51.8. The summed E-state index contributed by atoms with van der Waals surface area (Å²) >= 11 is 0. The first-order valence-corrected chi connectivity index (χ1v) is 8.53. The highest BCUT2D eigenvalue weighted by molar-refractivity contribution is 6.02. The van der Waals surface area contributed by atoms with Gasteiger partial charge in [0.15, 0.2) is 0 Å². The number of ether oxygens (including phenoxy) is 1. The lowest BCUT2D eigenvalue weighted by Gasteiger charge is -2.36. The van der Waals surface area contributed by atoms with Crippen LogP contribution in [-0.2, 0) is 14.3 Å². The van der Waals surface area contributed by atoms with E-state index in [0.29, 0.717) is 32.5 Å². The zero-order valence-electron chi connectivity index (χ0n) is 14.4. The van der Waals surface area contributed by atoms with Gasteiger partial charge >= 0.3 is 18.3 Å². The second-order valence-electron chi connectivity index (χ2n) is 6.65. The molecule has 0 aliphatic carbocycles. The number of piperidine rings is 1. The van der Waals surface area contributed by atoms with Crippen LogP contribution in [0.4, 0.5) is 22.8 Å². The number of urea groups is 1. The van der Waals surface area contributed by atoms with Gasteiger partial charge in [0.1, 0.15) is 26.2 Å². The Morgan fingerprint density at radius 3 is 2.33 bits per heavy atom. The maximum Gasteiger partial charge on any atom is 0.410 e. The number of hydrogen-bond acceptors (Lipinski definition) is 5. The maximum atomic E-state index is 12.5. The number of nitrogens with zero attached hydrogens (tertiary/aromatic N) is 4. The predicted molar refractivity (Wildman–Crippen MR) is 82.4 cm³/mol. The van der Waals surface area contributed by atoms with Crippen molar-refractivity contribution in [2.45, 2.75) is 25.1 Å². The Hall–Kier alpha value is -2.53. The average Bonchev–Trinajstić information content (AvgIpc) is 3.12. The van der Waals surface area contributed by atoms with E-state index in [4.69, 9.17) is 4.74 Å². The van der Waals surface area contributed by atoms with Crippen LogP contribution < -0.4 is 0 Å². The number of rotatable bonds is 4. The zero-order chi connectivity index (χ0) is 19.8. The van der Waals surface area contributed by atoms with E-state index in [9.17, 15) is 32.3 Å². The van der Waals surface area contributed by atoms with Crippen molar-refractivity contribution in [2.75, 3.05) is 45.9 Å². The summed E-state index contributed by atoms with van der Waals surface area (Å²) in [5.74, 6) is -1.13. The standard InChI is InChI=1S/C15H19F3N4O5/c16-15(17,18)9-22-12(24)8-21(13(22)25)10-1-3-19(4-2-10)11(23)7-20-5-6-27-14(20)26/h10H,1-9H2. The minimum Gasteiger partial charge on any atom is -0.448 e. The van der Waals surface area contributed by atoms with Crippen molar-refractivity contribution in [3.05, 3.63) is 0 Å². The summed E-state index contributed by atoms with van der Waals surface area (Å²) < 4.78 is 42.3. The molecule has 3 rings (SSSR count). The predicted octanol–water partition coefficient (Wildman–Crippen LogP) is 0.256. The van der Waals surface area contributed by atoms with Crippen LogP contribution >= 0.6 is 0 Å². The van der Waals surface area contributed by atoms with E-state index in [-0.39, 0.29) is 30.5 Å². The Labute approximate surface area is 152 Å². The molecule has 150 valence electrons. The maximum absolute atomic E-state index is 12.5. The van der Waals surface area contributed by atoms with Gasteiger partial charge in [-0.3, -0.25) is 19.4 Å². The molecule has 3 aliphatic heterocycles. The Bertz CT molecular complexity index is 648. The van der Waals surface area contributed by atoms with Crippen LogP contribution in [0.5, 0.6) is 0 Å². The van der Waals surface area contributed by atoms with E-state index in [0.717, 1.165) is 4.90 Å². The number of amides is 5. The number of hydrogen-bond donors (Lipinski definition) is 0. The fraction of sp³-hybridized carbons (Fsp3) is 0.733. The van der Waals surface area contributed by atoms with Crippen LogP contribution in [0.25, 0.3) is 0 Å². The van der Waals surface area contributed by atoms with E-state index in [1.165, 1.54) is 9.80 Å². The van der Waals surface area contributed by atoms with Gasteiger partial charge in [0.2, 0.25) is 5.91 Å². The van der Waals surface area contributed by atoms with Crippen LogP contribution in [0, 0.1) is 0 Å². The van der Waals surface area contributed by atoms with Gasteiger partial charge in [0.05, 0.1) is 6.54 Å². The molecule has 3 heterocycles. The fourth-order valence-electron chi connectivity index (χ4n) is 3.44. The molecular formula is C15H19F3N4O5. The highest BCUT2D eigenvalue weighted by Crippen LogP contribution is 2.25. The summed E-state index contributed by atoms with van der Waals surface area (Å²) in [5.41, 5.74) is 0. The van der Waals surface area contributed by atoms with Crippen molar-refractivity contribution in [3.8, 4) is 0 Å². The molecule has 0 atom stereocenters. The van der Waals surface area contributed by atoms with Crippen LogP contribution in [-0.4, -0.2) is 102 Å². The van der Waals surface area contributed by atoms with Gasteiger partial charge in [-0.1, -0.05) is 0 Å². The smallest absolute Gasteiger partial charge is 0.410 e. The number of carbonyl (C=O) groups excluding carboxylic acids is 4. The first kappa shape index (κ1) is 19.2. The number of halogens is 3. The molecule has 0 bridgehead atoms. The summed E-state index contributed by atoms with van der Waals surface area (Å²) in [6.45, 7) is -0.886. The molecule has 3 saturated heterocycles. The van der Waals surface area contributed by atoms with Crippen molar-refractivity contribution in [2.24, 2.45) is 0 Å². The van der Waals surface area contributed by atoms with Crippen molar-refractivity contribution in [3.63, 3.8) is 0 Å². The quantitative estimate of drug-likeness (QED) is 0.640. The fourth-order valence-corrected chi connectivity index (χ4v) is 3.44. The largest absolute Gasteiger partial charge is 0.448 e. The van der Waals surface area contributed by atoms with Gasteiger partial charge in [-0.2, -0.15) is 13.2 Å². The minimum atomic E-state index is -4.65. The van der Waals surface area contributed by atoms with E-state index in [1.807, 2.05) is 0 Å². The third-order valence-electron chi connectivity index (χ3n) is 4.85. The Kier molecular flexibility index (Phi) is 5.16. The lowest BCUT2D eigenvalue weighted by molar-refractivity contribution is -0.151. The van der Waals surface area contributed by atoms with Crippen LogP contribution in [0.3, 0.4) is 0 Å². The molecule has 3 aliphatic rings. The SMILES string of the molecule is O=C(CN1CCOC1=O)N1CCC(N2CC(=O)N(CC(F)(F)F)C2=O)CC1. The lowest BCUT2D eigenvalue weighted by Crippen LogP contribution is -2.50. The molecule has 0 N–H and O–H groups in total. The minimum absolute atomic E-state index is 0.0933. The van der Waals surface area contributed by atoms with Gasteiger partial charge in [-0.05, 0) is 12.8 Å². The number of cyclic esters (lactones) is 1. The second kappa shape index (κ2) is 7.24. The molecule has 0 saturated carbocycles. The highest BCUT2D eigenvalue weighted by atomic mass is 19.4. The first-order valence-electron chi connectivity index (χ1n) is 8.53. The van der Waals surface area contributed by atoms with Crippen molar-refractivity contribution in [1.29, 1.82) is 0 Å². The lowest BCUT2D eigenvalue weighted by atomic mass is 10.0. The molecule has 27 heavy (non-hydrogen) atoms. The molecule has 0 aromatic heterocycles. The van der Waals surface area contributed by atoms with Gasteiger partial charge in [0.25, 0.3) is 5.91 Å². The van der Waals surface area contributed by atoms with E-state index >= 15 is 0 Å². The highest BCUT2D eigenvalue weighted by Gasteiger charge is 2.45. The number of likely N-dealkylation sites (tertiary alicyclic amines) is 1. The van der Waals surface area contributed by atoms with Crippen LogP contribution in [0.2, 0.25) is 0 Å². The van der Waals surface area contributed by atoms with E-state index < -0.39 is 36.8 Å². The molecule has 0 spiro atoms. The van der Waals surface area contributed by atoms with Crippen molar-refractivity contribution < 1.29 is 37.1 Å². The van der Waals surface area contributed by atoms with Gasteiger partial charge < -0.3 is 14.5 Å². The molecular weight excluding hydrogens is 373 g/mol. The molecule has 0 unspecified atom stereocenters. The zero-order valence-corrected chi connectivity index (χ0v) is 14.4. The monoisotopic (exact) mass is 392 g/mol. The van der Waals surface area contributed by atoms with Crippen molar-refractivity contribution >= 4 is 23.9 Å². The summed E-state index contributed by atoms with van der Waals surface area (Å²) in [7, 11) is 0. The third kappa shape index (κ3) is 4.25. The molecule has 5 amide bonds.